The molecule has 0 radical (unpaired) electrons. The molecule has 6 nitrogen and oxygen atoms in total. The van der Waals surface area contributed by atoms with Gasteiger partial charge in [-0.2, -0.15) is 0 Å². The fourth-order valence-corrected chi connectivity index (χ4v) is 4.42. The van der Waals surface area contributed by atoms with Gasteiger partial charge in [-0.05, 0) is 66.9 Å². The summed E-state index contributed by atoms with van der Waals surface area (Å²) in [5.41, 5.74) is 2.84. The normalized spacial score (nSPS) is 10.8. The number of hydrogen-bond acceptors (Lipinski definition) is 3. The zero-order chi connectivity index (χ0) is 26.6. The van der Waals surface area contributed by atoms with Crippen LogP contribution in [0.5, 0.6) is 5.75 Å². The summed E-state index contributed by atoms with van der Waals surface area (Å²) >= 11 is 3.49. The fraction of sp³-hybridized carbons (Fsp3) is 0.400. The summed E-state index contributed by atoms with van der Waals surface area (Å²) in [6, 6.07) is 19.5. The lowest BCUT2D eigenvalue weighted by Gasteiger charge is -2.28. The van der Waals surface area contributed by atoms with Gasteiger partial charge in [0.2, 0.25) is 5.91 Å². The first-order chi connectivity index (χ1) is 17.9. The minimum absolute atomic E-state index is 0.0252. The minimum atomic E-state index is -0.126. The first-order valence-corrected chi connectivity index (χ1v) is 13.8. The second-order valence-corrected chi connectivity index (χ2v) is 10.1. The van der Waals surface area contributed by atoms with Crippen molar-refractivity contribution in [2.75, 3.05) is 26.7 Å². The van der Waals surface area contributed by atoms with Crippen LogP contribution < -0.4 is 4.74 Å². The third-order valence-electron chi connectivity index (χ3n) is 6.41. The van der Waals surface area contributed by atoms with Gasteiger partial charge in [-0.1, -0.05) is 54.8 Å². The van der Waals surface area contributed by atoms with Crippen molar-refractivity contribution in [3.8, 4) is 5.75 Å². The molecule has 0 aliphatic heterocycles. The Labute approximate surface area is 229 Å². The smallest absolute Gasteiger partial charge is 0.254 e. The minimum Gasteiger partial charge on any atom is -0.497 e. The number of methoxy groups -OCH3 is 1. The highest BCUT2D eigenvalue weighted by Crippen LogP contribution is 2.17. The monoisotopic (exact) mass is 567 g/mol. The summed E-state index contributed by atoms with van der Waals surface area (Å²) in [5, 5.41) is 0. The van der Waals surface area contributed by atoms with Crippen LogP contribution >= 0.6 is 15.9 Å². The summed E-state index contributed by atoms with van der Waals surface area (Å²) in [6.45, 7) is 6.75. The Morgan fingerprint density at radius 3 is 2.16 bits per heavy atom. The predicted molar refractivity (Wildman–Crippen MR) is 152 cm³/mol. The second kappa shape index (κ2) is 14.6. The summed E-state index contributed by atoms with van der Waals surface area (Å²) in [6.07, 6.45) is 5.76. The third-order valence-corrected chi connectivity index (χ3v) is 6.94. The number of amides is 2. The van der Waals surface area contributed by atoms with Gasteiger partial charge >= 0.3 is 0 Å². The zero-order valence-electron chi connectivity index (χ0n) is 22.2. The Morgan fingerprint density at radius 2 is 1.54 bits per heavy atom. The molecule has 2 amide bonds. The maximum absolute atomic E-state index is 13.6. The van der Waals surface area contributed by atoms with Crippen LogP contribution in [0.15, 0.2) is 71.3 Å². The molecule has 3 rings (SSSR count). The maximum Gasteiger partial charge on any atom is 0.254 e. The maximum atomic E-state index is 13.6. The topological polar surface area (TPSA) is 54.8 Å². The van der Waals surface area contributed by atoms with E-state index in [0.717, 1.165) is 42.4 Å². The van der Waals surface area contributed by atoms with E-state index < -0.39 is 0 Å². The van der Waals surface area contributed by atoms with Crippen molar-refractivity contribution in [1.29, 1.82) is 0 Å². The molecule has 0 saturated heterocycles. The largest absolute Gasteiger partial charge is 0.497 e. The molecular weight excluding hydrogens is 530 g/mol. The van der Waals surface area contributed by atoms with Crippen molar-refractivity contribution < 1.29 is 14.3 Å². The number of carbonyl (C=O) groups excluding carboxylic acids is 2. The number of carbonyl (C=O) groups is 2. The molecule has 2 aromatic carbocycles. The van der Waals surface area contributed by atoms with Crippen molar-refractivity contribution in [3.63, 3.8) is 0 Å². The van der Waals surface area contributed by atoms with Crippen LogP contribution in [-0.4, -0.2) is 52.9 Å². The van der Waals surface area contributed by atoms with Crippen LogP contribution in [-0.2, 0) is 17.9 Å². The first-order valence-electron chi connectivity index (χ1n) is 13.0. The summed E-state index contributed by atoms with van der Waals surface area (Å²) in [5.74, 6) is 0.547. The molecule has 0 aliphatic carbocycles. The molecule has 0 fully saturated rings. The lowest BCUT2D eigenvalue weighted by atomic mass is 10.1. The molecular formula is C30H38BrN3O3. The SMILES string of the molecule is CCCCN(Cc1cccn1Cc1ccc(Br)cc1)C(=O)CN(CCCC)C(=O)c1ccc(OC)cc1. The number of aromatic nitrogens is 1. The van der Waals surface area contributed by atoms with E-state index in [1.807, 2.05) is 23.1 Å². The number of hydrogen-bond donors (Lipinski definition) is 0. The molecule has 1 aromatic heterocycles. The lowest BCUT2D eigenvalue weighted by molar-refractivity contribution is -0.132. The van der Waals surface area contributed by atoms with Gasteiger partial charge in [-0.3, -0.25) is 9.59 Å². The van der Waals surface area contributed by atoms with Crippen LogP contribution in [0.2, 0.25) is 0 Å². The van der Waals surface area contributed by atoms with Crippen LogP contribution in [0.3, 0.4) is 0 Å². The number of rotatable bonds is 14. The number of benzene rings is 2. The molecule has 0 atom stereocenters. The molecule has 0 spiro atoms. The van der Waals surface area contributed by atoms with Gasteiger partial charge in [-0.15, -0.1) is 0 Å². The second-order valence-electron chi connectivity index (χ2n) is 9.23. The standard InChI is InChI=1S/C30H38BrN3O3/c1-4-6-18-33(22-27-9-8-20-32(27)21-24-10-14-26(31)15-11-24)29(35)23-34(19-7-5-2)30(36)25-12-16-28(37-3)17-13-25/h8-17,20H,4-7,18-19,21-23H2,1-3H3. The number of halogens is 1. The van der Waals surface area contributed by atoms with Crippen molar-refractivity contribution in [3.05, 3.63) is 88.2 Å². The fourth-order valence-electron chi connectivity index (χ4n) is 4.15. The van der Waals surface area contributed by atoms with E-state index in [0.29, 0.717) is 30.9 Å². The van der Waals surface area contributed by atoms with E-state index >= 15 is 0 Å². The molecule has 3 aromatic rings. The molecule has 0 saturated carbocycles. The van der Waals surface area contributed by atoms with Crippen LogP contribution in [0.4, 0.5) is 0 Å². The lowest BCUT2D eigenvalue weighted by Crippen LogP contribution is -2.43. The van der Waals surface area contributed by atoms with Crippen molar-refractivity contribution in [1.82, 2.24) is 14.4 Å². The van der Waals surface area contributed by atoms with Gasteiger partial charge in [0.25, 0.3) is 5.91 Å². The molecule has 1 heterocycles. The molecule has 198 valence electrons. The number of nitrogens with zero attached hydrogens (tertiary/aromatic N) is 3. The zero-order valence-corrected chi connectivity index (χ0v) is 23.7. The van der Waals surface area contributed by atoms with E-state index in [-0.39, 0.29) is 18.4 Å². The summed E-state index contributed by atoms with van der Waals surface area (Å²) in [7, 11) is 1.60. The highest BCUT2D eigenvalue weighted by atomic mass is 79.9. The quantitative estimate of drug-likeness (QED) is 0.227. The Morgan fingerprint density at radius 1 is 0.892 bits per heavy atom. The number of ether oxygens (including phenoxy) is 1. The van der Waals surface area contributed by atoms with Crippen molar-refractivity contribution >= 4 is 27.7 Å². The summed E-state index contributed by atoms with van der Waals surface area (Å²) < 4.78 is 8.46. The van der Waals surface area contributed by atoms with Crippen molar-refractivity contribution in [2.24, 2.45) is 0 Å². The Hall–Kier alpha value is -3.06. The average Bonchev–Trinajstić information content (AvgIpc) is 3.35. The Bertz CT molecular complexity index is 1130. The van der Waals surface area contributed by atoms with E-state index in [4.69, 9.17) is 4.74 Å². The number of unbranched alkanes of at least 4 members (excludes halogenated alkanes) is 2. The molecule has 0 unspecified atom stereocenters. The predicted octanol–water partition coefficient (Wildman–Crippen LogP) is 6.38. The van der Waals surface area contributed by atoms with E-state index in [9.17, 15) is 9.59 Å². The van der Waals surface area contributed by atoms with Crippen LogP contribution in [0.1, 0.15) is 61.1 Å². The average molecular weight is 569 g/mol. The molecule has 37 heavy (non-hydrogen) atoms. The highest BCUT2D eigenvalue weighted by Gasteiger charge is 2.23. The molecule has 0 bridgehead atoms. The third kappa shape index (κ3) is 8.49. The van der Waals surface area contributed by atoms with Gasteiger partial charge < -0.3 is 19.1 Å². The van der Waals surface area contributed by atoms with Gasteiger partial charge in [-0.25, -0.2) is 0 Å². The van der Waals surface area contributed by atoms with Gasteiger partial charge in [0.15, 0.2) is 0 Å². The highest BCUT2D eigenvalue weighted by molar-refractivity contribution is 9.10. The van der Waals surface area contributed by atoms with Crippen LogP contribution in [0.25, 0.3) is 0 Å². The first kappa shape index (κ1) is 28.5. The van der Waals surface area contributed by atoms with Gasteiger partial charge in [0, 0.05) is 41.6 Å². The van der Waals surface area contributed by atoms with Crippen molar-refractivity contribution in [2.45, 2.75) is 52.6 Å². The van der Waals surface area contributed by atoms with Gasteiger partial charge in [0.1, 0.15) is 12.3 Å². The van der Waals surface area contributed by atoms with E-state index in [1.165, 1.54) is 5.56 Å². The molecule has 7 heteroatoms. The van der Waals surface area contributed by atoms with E-state index in [1.54, 1.807) is 36.3 Å². The summed E-state index contributed by atoms with van der Waals surface area (Å²) in [4.78, 5) is 30.5. The Balaban J connectivity index is 1.75. The molecule has 0 aliphatic rings. The van der Waals surface area contributed by atoms with Crippen LogP contribution in [0, 0.1) is 0 Å². The molecule has 0 N–H and O–H groups in total. The van der Waals surface area contributed by atoms with E-state index in [2.05, 4.69) is 58.7 Å². The Kier molecular flexibility index (Phi) is 11.3. The van der Waals surface area contributed by atoms with Gasteiger partial charge in [0.05, 0.1) is 13.7 Å².